The number of hydrogen-bond donors (Lipinski definition) is 0. The Balaban J connectivity index is 2.73. The lowest BCUT2D eigenvalue weighted by molar-refractivity contribution is -0.383. The topological polar surface area (TPSA) is 73.3 Å². The summed E-state index contributed by atoms with van der Waals surface area (Å²) in [5.74, 6) is 0.610. The summed E-state index contributed by atoms with van der Waals surface area (Å²) < 4.78 is 1.43. The second-order valence-corrected chi connectivity index (χ2v) is 2.80. The summed E-state index contributed by atoms with van der Waals surface area (Å²) in [7, 11) is 0. The first-order valence-electron chi connectivity index (χ1n) is 4.21. The first-order chi connectivity index (χ1) is 6.72. The molecule has 0 aliphatic carbocycles. The van der Waals surface area contributed by atoms with Crippen molar-refractivity contribution in [3.8, 4) is 0 Å². The molecule has 0 atom stereocenters. The zero-order valence-corrected chi connectivity index (χ0v) is 7.54. The molecule has 72 valence electrons. The highest BCUT2D eigenvalue weighted by molar-refractivity contribution is 5.58. The van der Waals surface area contributed by atoms with Crippen molar-refractivity contribution >= 4 is 11.3 Å². The molecule has 6 heteroatoms. The molecule has 6 nitrogen and oxygen atoms in total. The Labute approximate surface area is 79.3 Å². The highest BCUT2D eigenvalue weighted by atomic mass is 16.6. The molecule has 2 aromatic heterocycles. The minimum atomic E-state index is -0.455. The van der Waals surface area contributed by atoms with Crippen LogP contribution in [0.25, 0.3) is 5.65 Å². The van der Waals surface area contributed by atoms with Gasteiger partial charge in [-0.1, -0.05) is 6.92 Å². The molecular formula is C8H8N4O2. The Bertz CT molecular complexity index is 491. The number of rotatable bonds is 2. The van der Waals surface area contributed by atoms with Crippen LogP contribution in [0.15, 0.2) is 18.3 Å². The molecule has 0 unspecified atom stereocenters. The van der Waals surface area contributed by atoms with Gasteiger partial charge in [0.2, 0.25) is 5.65 Å². The van der Waals surface area contributed by atoms with Gasteiger partial charge in [-0.25, -0.2) is 9.50 Å². The molecule has 0 saturated heterocycles. The number of pyridine rings is 1. The maximum atomic E-state index is 10.6. The normalized spacial score (nSPS) is 10.6. The van der Waals surface area contributed by atoms with Crippen molar-refractivity contribution in [3.63, 3.8) is 0 Å². The van der Waals surface area contributed by atoms with Crippen LogP contribution in [0.1, 0.15) is 12.7 Å². The zero-order chi connectivity index (χ0) is 10.1. The fourth-order valence-electron chi connectivity index (χ4n) is 1.23. The second-order valence-electron chi connectivity index (χ2n) is 2.80. The van der Waals surface area contributed by atoms with Gasteiger partial charge < -0.3 is 0 Å². The van der Waals surface area contributed by atoms with Gasteiger partial charge in [-0.3, -0.25) is 10.1 Å². The summed E-state index contributed by atoms with van der Waals surface area (Å²) >= 11 is 0. The van der Waals surface area contributed by atoms with Gasteiger partial charge in [0.15, 0.2) is 5.82 Å². The Morgan fingerprint density at radius 3 is 3.07 bits per heavy atom. The smallest absolute Gasteiger partial charge is 0.258 e. The third-order valence-electron chi connectivity index (χ3n) is 1.90. The maximum Gasteiger partial charge on any atom is 0.313 e. The van der Waals surface area contributed by atoms with Crippen molar-refractivity contribution in [1.82, 2.24) is 14.6 Å². The van der Waals surface area contributed by atoms with Crippen molar-refractivity contribution in [2.75, 3.05) is 0 Å². The molecule has 0 aliphatic heterocycles. The lowest BCUT2D eigenvalue weighted by atomic mass is 10.4. The van der Waals surface area contributed by atoms with Crippen LogP contribution in [0.3, 0.4) is 0 Å². The maximum absolute atomic E-state index is 10.6. The summed E-state index contributed by atoms with van der Waals surface area (Å²) in [5.41, 5.74) is 0.286. The lowest BCUT2D eigenvalue weighted by Crippen LogP contribution is -1.93. The van der Waals surface area contributed by atoms with E-state index in [2.05, 4.69) is 10.1 Å². The summed E-state index contributed by atoms with van der Waals surface area (Å²) in [6.07, 6.45) is 2.31. The first-order valence-corrected chi connectivity index (χ1v) is 4.21. The Morgan fingerprint density at radius 2 is 2.43 bits per heavy atom. The summed E-state index contributed by atoms with van der Waals surface area (Å²) in [6, 6.07) is 3.00. The molecule has 0 aromatic carbocycles. The van der Waals surface area contributed by atoms with Gasteiger partial charge >= 0.3 is 5.69 Å². The predicted octanol–water partition coefficient (Wildman–Crippen LogP) is 1.20. The van der Waals surface area contributed by atoms with E-state index in [-0.39, 0.29) is 5.69 Å². The molecule has 0 bridgehead atoms. The van der Waals surface area contributed by atoms with Gasteiger partial charge in [-0.15, -0.1) is 0 Å². The fraction of sp³-hybridized carbons (Fsp3) is 0.250. The fourth-order valence-corrected chi connectivity index (χ4v) is 1.23. The molecule has 0 aliphatic rings. The molecule has 2 aromatic rings. The third kappa shape index (κ3) is 1.20. The number of fused-ring (bicyclic) bond motifs is 1. The van der Waals surface area contributed by atoms with Crippen LogP contribution in [-0.2, 0) is 6.42 Å². The van der Waals surface area contributed by atoms with Crippen molar-refractivity contribution in [3.05, 3.63) is 34.3 Å². The molecule has 0 saturated carbocycles. The summed E-state index contributed by atoms with van der Waals surface area (Å²) in [6.45, 7) is 1.90. The average molecular weight is 192 g/mol. The number of aromatic nitrogens is 3. The van der Waals surface area contributed by atoms with E-state index in [1.54, 1.807) is 12.3 Å². The largest absolute Gasteiger partial charge is 0.313 e. The Hall–Kier alpha value is -1.98. The van der Waals surface area contributed by atoms with Crippen molar-refractivity contribution in [2.45, 2.75) is 13.3 Å². The molecule has 0 radical (unpaired) electrons. The van der Waals surface area contributed by atoms with E-state index in [0.717, 1.165) is 0 Å². The van der Waals surface area contributed by atoms with Crippen LogP contribution in [0.5, 0.6) is 0 Å². The van der Waals surface area contributed by atoms with Crippen LogP contribution in [-0.4, -0.2) is 19.5 Å². The predicted molar refractivity (Wildman–Crippen MR) is 49.0 cm³/mol. The molecule has 0 amide bonds. The van der Waals surface area contributed by atoms with Crippen molar-refractivity contribution < 1.29 is 4.92 Å². The third-order valence-corrected chi connectivity index (χ3v) is 1.90. The van der Waals surface area contributed by atoms with Crippen LogP contribution in [0.2, 0.25) is 0 Å². The van der Waals surface area contributed by atoms with E-state index >= 15 is 0 Å². The monoisotopic (exact) mass is 192 g/mol. The van der Waals surface area contributed by atoms with Gasteiger partial charge in [-0.05, 0) is 6.07 Å². The quantitative estimate of drug-likeness (QED) is 0.529. The van der Waals surface area contributed by atoms with Gasteiger partial charge in [0.25, 0.3) is 0 Å². The standard InChI is InChI=1S/C8H8N4O2/c1-2-7-9-8-6(12(13)14)4-3-5-11(8)10-7/h3-5H,2H2,1H3. The molecule has 2 heterocycles. The van der Waals surface area contributed by atoms with Gasteiger partial charge in [0, 0.05) is 18.7 Å². The van der Waals surface area contributed by atoms with E-state index in [4.69, 9.17) is 0 Å². The number of nitro groups is 1. The van der Waals surface area contributed by atoms with Gasteiger partial charge in [0.05, 0.1) is 4.92 Å². The highest BCUT2D eigenvalue weighted by Crippen LogP contribution is 2.16. The highest BCUT2D eigenvalue weighted by Gasteiger charge is 2.14. The van der Waals surface area contributed by atoms with E-state index in [9.17, 15) is 10.1 Å². The lowest BCUT2D eigenvalue weighted by Gasteiger charge is -1.91. The van der Waals surface area contributed by atoms with Crippen LogP contribution < -0.4 is 0 Å². The second kappa shape index (κ2) is 3.06. The molecular weight excluding hydrogens is 184 g/mol. The number of nitrogens with zero attached hydrogens (tertiary/aromatic N) is 4. The van der Waals surface area contributed by atoms with Crippen LogP contribution >= 0.6 is 0 Å². The van der Waals surface area contributed by atoms with Gasteiger partial charge in [-0.2, -0.15) is 5.10 Å². The van der Waals surface area contributed by atoms with Crippen molar-refractivity contribution in [1.29, 1.82) is 0 Å². The van der Waals surface area contributed by atoms with E-state index in [1.807, 2.05) is 6.92 Å². The Kier molecular flexibility index (Phi) is 1.88. The summed E-state index contributed by atoms with van der Waals surface area (Å²) in [5, 5.41) is 14.7. The zero-order valence-electron chi connectivity index (χ0n) is 7.54. The molecule has 14 heavy (non-hydrogen) atoms. The minimum absolute atomic E-state index is 0.0142. The van der Waals surface area contributed by atoms with E-state index < -0.39 is 4.92 Å². The summed E-state index contributed by atoms with van der Waals surface area (Å²) in [4.78, 5) is 14.2. The van der Waals surface area contributed by atoms with Gasteiger partial charge in [0.1, 0.15) is 0 Å². The SMILES string of the molecule is CCc1nc2c([N+](=O)[O-])cccn2n1. The van der Waals surface area contributed by atoms with E-state index in [1.165, 1.54) is 10.6 Å². The number of hydrogen-bond acceptors (Lipinski definition) is 4. The molecule has 2 rings (SSSR count). The van der Waals surface area contributed by atoms with Crippen LogP contribution in [0, 0.1) is 10.1 Å². The van der Waals surface area contributed by atoms with E-state index in [0.29, 0.717) is 17.9 Å². The van der Waals surface area contributed by atoms with Crippen LogP contribution in [0.4, 0.5) is 5.69 Å². The molecule has 0 spiro atoms. The molecule has 0 fully saturated rings. The number of aryl methyl sites for hydroxylation is 1. The van der Waals surface area contributed by atoms with Crippen molar-refractivity contribution in [2.24, 2.45) is 0 Å². The average Bonchev–Trinajstić information content (AvgIpc) is 2.59. The Morgan fingerprint density at radius 1 is 1.64 bits per heavy atom. The first kappa shape index (κ1) is 8.61. The molecule has 0 N–H and O–H groups in total. The minimum Gasteiger partial charge on any atom is -0.258 e.